The van der Waals surface area contributed by atoms with Crippen LogP contribution >= 0.6 is 31.9 Å². The Bertz CT molecular complexity index is 371. The lowest BCUT2D eigenvalue weighted by Crippen LogP contribution is -2.30. The lowest BCUT2D eigenvalue weighted by Gasteiger charge is -2.31. The molecule has 0 radical (unpaired) electrons. The maximum Gasteiger partial charge on any atom is 0.123 e. The monoisotopic (exact) mass is 420 g/mol. The zero-order valence-corrected chi connectivity index (χ0v) is 16.2. The highest BCUT2D eigenvalue weighted by Crippen LogP contribution is 2.34. The predicted molar refractivity (Wildman–Crippen MR) is 98.3 cm³/mol. The van der Waals surface area contributed by atoms with Crippen LogP contribution < -0.4 is 0 Å². The van der Waals surface area contributed by atoms with E-state index in [9.17, 15) is 4.39 Å². The van der Waals surface area contributed by atoms with Crippen LogP contribution in [0.1, 0.15) is 63.9 Å². The molecule has 0 amide bonds. The van der Waals surface area contributed by atoms with Gasteiger partial charge in [-0.3, -0.25) is 0 Å². The van der Waals surface area contributed by atoms with Crippen LogP contribution in [-0.4, -0.2) is 10.7 Å². The number of hydrogen-bond acceptors (Lipinski definition) is 0. The average molecular weight is 422 g/mol. The van der Waals surface area contributed by atoms with Crippen molar-refractivity contribution in [2.24, 2.45) is 0 Å². The molecule has 0 atom stereocenters. The first kappa shape index (κ1) is 19.2. The fourth-order valence-corrected chi connectivity index (χ4v) is 4.83. The molecule has 3 heteroatoms. The molecule has 0 aromatic heterocycles. The van der Waals surface area contributed by atoms with E-state index in [4.69, 9.17) is 0 Å². The molecule has 1 rings (SSSR count). The molecule has 0 aliphatic rings. The van der Waals surface area contributed by atoms with Crippen molar-refractivity contribution in [3.8, 4) is 0 Å². The molecule has 0 saturated carbocycles. The molecule has 0 N–H and O–H groups in total. The van der Waals surface area contributed by atoms with Crippen LogP contribution in [0.5, 0.6) is 0 Å². The second-order valence-corrected chi connectivity index (χ2v) is 7.05. The van der Waals surface area contributed by atoms with Gasteiger partial charge in [0.25, 0.3) is 0 Å². The van der Waals surface area contributed by atoms with E-state index in [-0.39, 0.29) is 11.2 Å². The molecule has 0 heterocycles. The minimum absolute atomic E-state index is 0.0805. The van der Waals surface area contributed by atoms with E-state index in [1.807, 2.05) is 12.1 Å². The number of unbranched alkanes of at least 4 members (excludes halogenated alkanes) is 6. The van der Waals surface area contributed by atoms with Gasteiger partial charge in [-0.25, -0.2) is 4.39 Å². The van der Waals surface area contributed by atoms with Gasteiger partial charge in [0.15, 0.2) is 0 Å². The Balaban J connectivity index is 2.47. The first-order valence-corrected chi connectivity index (χ1v) is 10.3. The summed E-state index contributed by atoms with van der Waals surface area (Å²) < 4.78 is 13.1. The average Bonchev–Trinajstić information content (AvgIpc) is 2.52. The second-order valence-electron chi connectivity index (χ2n) is 5.93. The highest BCUT2D eigenvalue weighted by Gasteiger charge is 2.29. The number of alkyl halides is 2. The fraction of sp³-hybridized carbons (Fsp3) is 0.667. The number of halogens is 3. The van der Waals surface area contributed by atoms with Crippen LogP contribution in [0.4, 0.5) is 4.39 Å². The topological polar surface area (TPSA) is 0 Å². The van der Waals surface area contributed by atoms with E-state index in [2.05, 4.69) is 38.8 Å². The molecule has 0 saturated heterocycles. The molecule has 0 nitrogen and oxygen atoms in total. The minimum Gasteiger partial charge on any atom is -0.207 e. The molecule has 1 aromatic rings. The van der Waals surface area contributed by atoms with Crippen molar-refractivity contribution < 1.29 is 4.39 Å². The lowest BCUT2D eigenvalue weighted by atomic mass is 9.80. The van der Waals surface area contributed by atoms with Crippen molar-refractivity contribution >= 4 is 31.9 Å². The van der Waals surface area contributed by atoms with Crippen LogP contribution in [0.2, 0.25) is 0 Å². The standard InChI is InChI=1S/C18H27Br2F/c1-2-3-4-5-6-7-8-13-18(14-19,15-20)16-9-11-17(21)12-10-16/h9-12H,2-8,13-15H2,1H3. The highest BCUT2D eigenvalue weighted by molar-refractivity contribution is 9.09. The van der Waals surface area contributed by atoms with Gasteiger partial charge in [0.1, 0.15) is 5.82 Å². The molecule has 0 spiro atoms. The summed E-state index contributed by atoms with van der Waals surface area (Å²) in [6, 6.07) is 7.00. The molecular formula is C18H27Br2F. The predicted octanol–water partition coefficient (Wildman–Crippen LogP) is 6.99. The SMILES string of the molecule is CCCCCCCCCC(CBr)(CBr)c1ccc(F)cc1. The van der Waals surface area contributed by atoms with E-state index in [0.717, 1.165) is 17.1 Å². The van der Waals surface area contributed by atoms with Gasteiger partial charge in [-0.05, 0) is 24.1 Å². The van der Waals surface area contributed by atoms with E-state index in [1.54, 1.807) is 12.1 Å². The van der Waals surface area contributed by atoms with Crippen LogP contribution in [0, 0.1) is 5.82 Å². The van der Waals surface area contributed by atoms with Gasteiger partial charge in [0.05, 0.1) is 0 Å². The maximum atomic E-state index is 13.1. The normalized spacial score (nSPS) is 11.8. The largest absolute Gasteiger partial charge is 0.207 e. The molecule has 0 unspecified atom stereocenters. The Morgan fingerprint density at radius 1 is 0.857 bits per heavy atom. The summed E-state index contributed by atoms with van der Waals surface area (Å²) in [6.45, 7) is 2.25. The Hall–Kier alpha value is 0.110. The molecule has 1 aromatic carbocycles. The van der Waals surface area contributed by atoms with Crippen LogP contribution in [-0.2, 0) is 5.41 Å². The number of rotatable bonds is 11. The van der Waals surface area contributed by atoms with E-state index >= 15 is 0 Å². The second kappa shape index (κ2) is 10.8. The molecular weight excluding hydrogens is 395 g/mol. The summed E-state index contributed by atoms with van der Waals surface area (Å²) in [5.74, 6) is -0.160. The molecule has 0 bridgehead atoms. The van der Waals surface area contributed by atoms with Crippen LogP contribution in [0.15, 0.2) is 24.3 Å². The van der Waals surface area contributed by atoms with Gasteiger partial charge in [-0.15, -0.1) is 0 Å². The Labute approximate surface area is 146 Å². The molecule has 21 heavy (non-hydrogen) atoms. The van der Waals surface area contributed by atoms with Crippen molar-refractivity contribution in [1.82, 2.24) is 0 Å². The van der Waals surface area contributed by atoms with E-state index in [1.165, 1.54) is 50.5 Å². The minimum atomic E-state index is -0.160. The van der Waals surface area contributed by atoms with Crippen LogP contribution in [0.25, 0.3) is 0 Å². The Morgan fingerprint density at radius 2 is 1.38 bits per heavy atom. The molecule has 0 fully saturated rings. The Morgan fingerprint density at radius 3 is 1.90 bits per heavy atom. The van der Waals surface area contributed by atoms with Crippen molar-refractivity contribution in [3.63, 3.8) is 0 Å². The van der Waals surface area contributed by atoms with Crippen molar-refractivity contribution in [2.75, 3.05) is 10.7 Å². The first-order valence-electron chi connectivity index (χ1n) is 8.06. The third-order valence-corrected chi connectivity index (χ3v) is 6.37. The van der Waals surface area contributed by atoms with Crippen molar-refractivity contribution in [1.29, 1.82) is 0 Å². The van der Waals surface area contributed by atoms with Gasteiger partial charge in [-0.1, -0.05) is 95.9 Å². The summed E-state index contributed by atoms with van der Waals surface area (Å²) in [5, 5.41) is 1.82. The number of benzene rings is 1. The summed E-state index contributed by atoms with van der Waals surface area (Å²) >= 11 is 7.34. The first-order chi connectivity index (χ1) is 10.2. The highest BCUT2D eigenvalue weighted by atomic mass is 79.9. The quantitative estimate of drug-likeness (QED) is 0.266. The van der Waals surface area contributed by atoms with Gasteiger partial charge < -0.3 is 0 Å². The summed E-state index contributed by atoms with van der Waals surface area (Å²) in [5.41, 5.74) is 1.31. The third-order valence-electron chi connectivity index (χ3n) is 4.23. The zero-order valence-electron chi connectivity index (χ0n) is 13.0. The number of hydrogen-bond donors (Lipinski definition) is 0. The molecule has 120 valence electrons. The maximum absolute atomic E-state index is 13.1. The molecule has 0 aliphatic heterocycles. The Kier molecular flexibility index (Phi) is 9.83. The van der Waals surface area contributed by atoms with Gasteiger partial charge in [0, 0.05) is 16.1 Å². The van der Waals surface area contributed by atoms with E-state index < -0.39 is 0 Å². The van der Waals surface area contributed by atoms with Gasteiger partial charge in [0.2, 0.25) is 0 Å². The smallest absolute Gasteiger partial charge is 0.123 e. The van der Waals surface area contributed by atoms with Crippen LogP contribution in [0.3, 0.4) is 0 Å². The van der Waals surface area contributed by atoms with Gasteiger partial charge in [-0.2, -0.15) is 0 Å². The summed E-state index contributed by atoms with van der Waals surface area (Å²) in [4.78, 5) is 0. The molecule has 0 aliphatic carbocycles. The van der Waals surface area contributed by atoms with E-state index in [0.29, 0.717) is 0 Å². The van der Waals surface area contributed by atoms with Crippen molar-refractivity contribution in [2.45, 2.75) is 63.7 Å². The summed E-state index contributed by atoms with van der Waals surface area (Å²) in [7, 11) is 0. The van der Waals surface area contributed by atoms with Crippen molar-refractivity contribution in [3.05, 3.63) is 35.6 Å². The fourth-order valence-electron chi connectivity index (χ4n) is 2.69. The zero-order chi connectivity index (χ0) is 15.6. The van der Waals surface area contributed by atoms with Gasteiger partial charge >= 0.3 is 0 Å². The lowest BCUT2D eigenvalue weighted by molar-refractivity contribution is 0.459. The summed E-state index contributed by atoms with van der Waals surface area (Å²) in [6.07, 6.45) is 10.4. The third kappa shape index (κ3) is 6.40.